The van der Waals surface area contributed by atoms with E-state index in [4.69, 9.17) is 14.2 Å². The molecule has 0 radical (unpaired) electrons. The van der Waals surface area contributed by atoms with Gasteiger partial charge in [-0.3, -0.25) is 4.79 Å². The van der Waals surface area contributed by atoms with Gasteiger partial charge in [-0.1, -0.05) is 18.2 Å². The third kappa shape index (κ3) is 6.34. The Kier molecular flexibility index (Phi) is 7.93. The lowest BCUT2D eigenvalue weighted by atomic mass is 10.1. The minimum Gasteiger partial charge on any atom is -0.494 e. The van der Waals surface area contributed by atoms with Gasteiger partial charge in [-0.15, -0.1) is 0 Å². The molecule has 0 aliphatic carbocycles. The van der Waals surface area contributed by atoms with Gasteiger partial charge in [0.1, 0.15) is 5.75 Å². The van der Waals surface area contributed by atoms with Crippen molar-refractivity contribution in [2.45, 2.75) is 33.4 Å². The van der Waals surface area contributed by atoms with Crippen LogP contribution in [0.2, 0.25) is 0 Å². The average Bonchev–Trinajstić information content (AvgIpc) is 2.68. The Bertz CT molecular complexity index is 797. The van der Waals surface area contributed by atoms with Gasteiger partial charge in [0.2, 0.25) is 5.91 Å². The molecule has 0 aliphatic heterocycles. The molecule has 0 aliphatic rings. The van der Waals surface area contributed by atoms with Crippen molar-refractivity contribution in [3.8, 4) is 17.2 Å². The maximum absolute atomic E-state index is 12.4. The van der Waals surface area contributed by atoms with Crippen molar-refractivity contribution in [3.63, 3.8) is 0 Å². The molecule has 0 atom stereocenters. The summed E-state index contributed by atoms with van der Waals surface area (Å²) < 4.78 is 16.5. The van der Waals surface area contributed by atoms with Gasteiger partial charge in [-0.25, -0.2) is 0 Å². The molecule has 0 saturated carbocycles. The highest BCUT2D eigenvalue weighted by Gasteiger charge is 2.08. The van der Waals surface area contributed by atoms with Gasteiger partial charge in [0, 0.05) is 19.7 Å². The zero-order chi connectivity index (χ0) is 20.5. The van der Waals surface area contributed by atoms with E-state index in [0.717, 1.165) is 16.9 Å². The number of carbonyl (C=O) groups is 1. The average molecular weight is 383 g/mol. The fourth-order valence-corrected chi connectivity index (χ4v) is 2.64. The Morgan fingerprint density at radius 3 is 2.43 bits per heavy atom. The maximum Gasteiger partial charge on any atom is 0.246 e. The Morgan fingerprint density at radius 2 is 1.82 bits per heavy atom. The second kappa shape index (κ2) is 10.4. The number of benzene rings is 2. The third-order valence-electron chi connectivity index (χ3n) is 4.00. The standard InChI is InChI=1S/C23H29NO4/c1-6-27-20-11-7-19(8-12-20)16-24(4)23(25)14-10-18-9-13-21(28-17(2)3)22(15-18)26-5/h7-15,17H,6,16H2,1-5H3/b14-10+. The minimum atomic E-state index is -0.0737. The van der Waals surface area contributed by atoms with Crippen LogP contribution in [0.5, 0.6) is 17.2 Å². The van der Waals surface area contributed by atoms with Crippen LogP contribution < -0.4 is 14.2 Å². The number of ether oxygens (including phenoxy) is 3. The summed E-state index contributed by atoms with van der Waals surface area (Å²) in [5.74, 6) is 2.09. The van der Waals surface area contributed by atoms with E-state index in [9.17, 15) is 4.79 Å². The number of nitrogens with zero attached hydrogens (tertiary/aromatic N) is 1. The van der Waals surface area contributed by atoms with E-state index in [2.05, 4.69) is 0 Å². The third-order valence-corrected chi connectivity index (χ3v) is 4.00. The SMILES string of the molecule is CCOc1ccc(CN(C)C(=O)/C=C/c2ccc(OC(C)C)c(OC)c2)cc1. The quantitative estimate of drug-likeness (QED) is 0.596. The van der Waals surface area contributed by atoms with Crippen LogP contribution in [0.25, 0.3) is 6.08 Å². The number of rotatable bonds is 9. The summed E-state index contributed by atoms with van der Waals surface area (Å²) in [6.07, 6.45) is 3.40. The molecule has 0 fully saturated rings. The molecular formula is C23H29NO4. The molecule has 0 saturated heterocycles. The Morgan fingerprint density at radius 1 is 1.11 bits per heavy atom. The summed E-state index contributed by atoms with van der Waals surface area (Å²) >= 11 is 0. The van der Waals surface area contributed by atoms with Crippen molar-refractivity contribution in [3.05, 3.63) is 59.7 Å². The van der Waals surface area contributed by atoms with E-state index in [-0.39, 0.29) is 12.0 Å². The van der Waals surface area contributed by atoms with Gasteiger partial charge in [-0.2, -0.15) is 0 Å². The molecule has 150 valence electrons. The first kappa shape index (κ1) is 21.4. The van der Waals surface area contributed by atoms with Gasteiger partial charge in [0.15, 0.2) is 11.5 Å². The summed E-state index contributed by atoms with van der Waals surface area (Å²) in [7, 11) is 3.38. The number of hydrogen-bond donors (Lipinski definition) is 0. The van der Waals surface area contributed by atoms with Crippen molar-refractivity contribution >= 4 is 12.0 Å². The molecule has 2 aromatic rings. The molecule has 0 bridgehead atoms. The number of hydrogen-bond acceptors (Lipinski definition) is 4. The summed E-state index contributed by atoms with van der Waals surface area (Å²) in [5.41, 5.74) is 1.92. The highest BCUT2D eigenvalue weighted by Crippen LogP contribution is 2.29. The van der Waals surface area contributed by atoms with Crippen LogP contribution in [0.15, 0.2) is 48.5 Å². The molecule has 5 nitrogen and oxygen atoms in total. The predicted molar refractivity (Wildman–Crippen MR) is 112 cm³/mol. The van der Waals surface area contributed by atoms with Crippen molar-refractivity contribution in [2.75, 3.05) is 20.8 Å². The van der Waals surface area contributed by atoms with E-state index >= 15 is 0 Å². The zero-order valence-electron chi connectivity index (χ0n) is 17.3. The highest BCUT2D eigenvalue weighted by atomic mass is 16.5. The first-order valence-electron chi connectivity index (χ1n) is 9.42. The van der Waals surface area contributed by atoms with Crippen LogP contribution in [-0.4, -0.2) is 37.7 Å². The molecule has 0 heterocycles. The van der Waals surface area contributed by atoms with Crippen LogP contribution in [-0.2, 0) is 11.3 Å². The van der Waals surface area contributed by atoms with Gasteiger partial charge in [0.05, 0.1) is 19.8 Å². The molecule has 5 heteroatoms. The molecule has 28 heavy (non-hydrogen) atoms. The lowest BCUT2D eigenvalue weighted by molar-refractivity contribution is -0.125. The van der Waals surface area contributed by atoms with Crippen LogP contribution in [0.1, 0.15) is 31.9 Å². The lowest BCUT2D eigenvalue weighted by Crippen LogP contribution is -2.24. The van der Waals surface area contributed by atoms with E-state index < -0.39 is 0 Å². The van der Waals surface area contributed by atoms with Gasteiger partial charge in [-0.05, 0) is 62.2 Å². The monoisotopic (exact) mass is 383 g/mol. The second-order valence-corrected chi connectivity index (χ2v) is 6.68. The van der Waals surface area contributed by atoms with Crippen LogP contribution in [0.4, 0.5) is 0 Å². The summed E-state index contributed by atoms with van der Waals surface area (Å²) in [4.78, 5) is 14.1. The van der Waals surface area contributed by atoms with Gasteiger partial charge >= 0.3 is 0 Å². The first-order valence-corrected chi connectivity index (χ1v) is 9.42. The smallest absolute Gasteiger partial charge is 0.246 e. The lowest BCUT2D eigenvalue weighted by Gasteiger charge is -2.16. The summed E-state index contributed by atoms with van der Waals surface area (Å²) in [6, 6.07) is 13.4. The molecular weight excluding hydrogens is 354 g/mol. The largest absolute Gasteiger partial charge is 0.494 e. The van der Waals surface area contributed by atoms with Crippen LogP contribution in [0.3, 0.4) is 0 Å². The molecule has 2 rings (SSSR count). The number of likely N-dealkylation sites (N-methyl/N-ethyl adjacent to an activating group) is 1. The van der Waals surface area contributed by atoms with Crippen molar-refractivity contribution in [1.82, 2.24) is 4.90 Å². The number of methoxy groups -OCH3 is 1. The summed E-state index contributed by atoms with van der Waals surface area (Å²) in [6.45, 7) is 7.05. The highest BCUT2D eigenvalue weighted by molar-refractivity contribution is 5.91. The molecule has 2 aromatic carbocycles. The maximum atomic E-state index is 12.4. The fourth-order valence-electron chi connectivity index (χ4n) is 2.64. The zero-order valence-corrected chi connectivity index (χ0v) is 17.3. The Labute approximate surface area is 167 Å². The molecule has 0 unspecified atom stereocenters. The summed E-state index contributed by atoms with van der Waals surface area (Å²) in [5, 5.41) is 0. The predicted octanol–water partition coefficient (Wildman–Crippen LogP) is 4.55. The van der Waals surface area contributed by atoms with E-state index in [1.807, 2.05) is 63.2 Å². The first-order chi connectivity index (χ1) is 13.4. The molecule has 0 aromatic heterocycles. The van der Waals surface area contributed by atoms with E-state index in [1.165, 1.54) is 0 Å². The Hall–Kier alpha value is -2.95. The van der Waals surface area contributed by atoms with Crippen LogP contribution in [0, 0.1) is 0 Å². The topological polar surface area (TPSA) is 48.0 Å². The van der Waals surface area contributed by atoms with Crippen molar-refractivity contribution in [2.24, 2.45) is 0 Å². The van der Waals surface area contributed by atoms with Crippen LogP contribution >= 0.6 is 0 Å². The van der Waals surface area contributed by atoms with Crippen molar-refractivity contribution in [1.29, 1.82) is 0 Å². The fraction of sp³-hybridized carbons (Fsp3) is 0.348. The van der Waals surface area contributed by atoms with Crippen molar-refractivity contribution < 1.29 is 19.0 Å². The van der Waals surface area contributed by atoms with E-state index in [1.54, 1.807) is 31.2 Å². The van der Waals surface area contributed by atoms with E-state index in [0.29, 0.717) is 24.7 Å². The second-order valence-electron chi connectivity index (χ2n) is 6.68. The molecule has 1 amide bonds. The molecule has 0 spiro atoms. The number of amides is 1. The minimum absolute atomic E-state index is 0.0631. The normalized spacial score (nSPS) is 10.9. The number of carbonyl (C=O) groups excluding carboxylic acids is 1. The van der Waals surface area contributed by atoms with Gasteiger partial charge < -0.3 is 19.1 Å². The molecule has 0 N–H and O–H groups in total. The van der Waals surface area contributed by atoms with Gasteiger partial charge in [0.25, 0.3) is 0 Å². The Balaban J connectivity index is 1.99.